The summed E-state index contributed by atoms with van der Waals surface area (Å²) in [4.78, 5) is 25.1. The molecular formula is C16H14N4O3S2. The van der Waals surface area contributed by atoms with Crippen molar-refractivity contribution in [3.05, 3.63) is 65.2 Å². The number of aromatic nitrogens is 3. The Morgan fingerprint density at radius 3 is 2.68 bits per heavy atom. The molecule has 128 valence electrons. The number of hydrogen-bond acceptors (Lipinski definition) is 8. The maximum atomic E-state index is 12.5. The minimum absolute atomic E-state index is 0.116. The van der Waals surface area contributed by atoms with Crippen molar-refractivity contribution in [2.45, 2.75) is 11.4 Å². The second kappa shape index (κ2) is 7.08. The molecule has 7 nitrogen and oxygen atoms in total. The van der Waals surface area contributed by atoms with E-state index in [0.29, 0.717) is 22.1 Å². The summed E-state index contributed by atoms with van der Waals surface area (Å²) < 4.78 is 23.3. The Balaban J connectivity index is 1.75. The van der Waals surface area contributed by atoms with E-state index in [4.69, 9.17) is 0 Å². The van der Waals surface area contributed by atoms with Crippen LogP contribution in [-0.2, 0) is 16.4 Å². The number of thiazole rings is 1. The third kappa shape index (κ3) is 4.25. The van der Waals surface area contributed by atoms with Crippen molar-refractivity contribution in [3.63, 3.8) is 0 Å². The van der Waals surface area contributed by atoms with Gasteiger partial charge in [-0.15, -0.1) is 0 Å². The number of carbonyl (C=O) groups is 1. The minimum atomic E-state index is -3.36. The van der Waals surface area contributed by atoms with Gasteiger partial charge in [0.25, 0.3) is 0 Å². The molecule has 0 aliphatic heterocycles. The molecule has 1 N–H and O–H groups in total. The fourth-order valence-electron chi connectivity index (χ4n) is 2.07. The van der Waals surface area contributed by atoms with Crippen LogP contribution in [0.15, 0.2) is 54.1 Å². The molecule has 2 aromatic heterocycles. The fourth-order valence-corrected chi connectivity index (χ4v) is 3.51. The molecule has 0 aliphatic rings. The molecule has 0 unspecified atom stereocenters. The number of carbonyl (C=O) groups excluding carboxylic acids is 1. The fraction of sp³-hybridized carbons (Fsp3) is 0.125. The number of sulfone groups is 1. The number of rotatable bonds is 6. The lowest BCUT2D eigenvalue weighted by Crippen LogP contribution is -2.02. The Kier molecular flexibility index (Phi) is 4.86. The molecule has 0 fully saturated rings. The van der Waals surface area contributed by atoms with Crippen LogP contribution in [0.2, 0.25) is 0 Å². The summed E-state index contributed by atoms with van der Waals surface area (Å²) in [5.74, 6) is -0.265. The van der Waals surface area contributed by atoms with Gasteiger partial charge in [0.15, 0.2) is 15.0 Å². The van der Waals surface area contributed by atoms with Gasteiger partial charge in [-0.1, -0.05) is 23.5 Å². The molecule has 25 heavy (non-hydrogen) atoms. The second-order valence-corrected chi connectivity index (χ2v) is 8.31. The maximum absolute atomic E-state index is 12.5. The van der Waals surface area contributed by atoms with Gasteiger partial charge in [0.05, 0.1) is 16.0 Å². The van der Waals surface area contributed by atoms with Crippen LogP contribution < -0.4 is 5.32 Å². The molecule has 1 aromatic carbocycles. The van der Waals surface area contributed by atoms with Gasteiger partial charge in [-0.3, -0.25) is 4.79 Å². The highest BCUT2D eigenvalue weighted by atomic mass is 32.2. The summed E-state index contributed by atoms with van der Waals surface area (Å²) in [6.07, 6.45) is 7.42. The molecular weight excluding hydrogens is 360 g/mol. The van der Waals surface area contributed by atoms with Crippen molar-refractivity contribution >= 4 is 32.1 Å². The molecule has 0 spiro atoms. The first-order valence-electron chi connectivity index (χ1n) is 7.22. The molecule has 0 aliphatic carbocycles. The average molecular weight is 374 g/mol. The maximum Gasteiger partial charge on any atom is 0.204 e. The summed E-state index contributed by atoms with van der Waals surface area (Å²) in [5, 5.41) is 3.69. The van der Waals surface area contributed by atoms with E-state index in [0.717, 1.165) is 11.8 Å². The number of anilines is 1. The van der Waals surface area contributed by atoms with Crippen molar-refractivity contribution in [3.8, 4) is 0 Å². The van der Waals surface area contributed by atoms with Gasteiger partial charge in [-0.05, 0) is 12.1 Å². The van der Waals surface area contributed by atoms with E-state index >= 15 is 0 Å². The minimum Gasteiger partial charge on any atom is -0.357 e. The number of nitrogens with zero attached hydrogens (tertiary/aromatic N) is 3. The number of nitrogens with one attached hydrogen (secondary N) is 1. The smallest absolute Gasteiger partial charge is 0.204 e. The largest absolute Gasteiger partial charge is 0.357 e. The highest BCUT2D eigenvalue weighted by molar-refractivity contribution is 7.90. The first-order valence-corrected chi connectivity index (χ1v) is 9.93. The van der Waals surface area contributed by atoms with Crippen LogP contribution in [0.5, 0.6) is 0 Å². The van der Waals surface area contributed by atoms with Gasteiger partial charge in [-0.25, -0.2) is 23.4 Å². The summed E-state index contributed by atoms with van der Waals surface area (Å²) in [6, 6.07) is 5.99. The molecule has 2 heterocycles. The Morgan fingerprint density at radius 1 is 1.20 bits per heavy atom. The zero-order valence-electron chi connectivity index (χ0n) is 13.2. The van der Waals surface area contributed by atoms with Crippen molar-refractivity contribution in [2.75, 3.05) is 11.6 Å². The van der Waals surface area contributed by atoms with Gasteiger partial charge in [0.2, 0.25) is 5.78 Å². The number of hydrogen-bond donors (Lipinski definition) is 1. The molecule has 0 amide bonds. The van der Waals surface area contributed by atoms with Gasteiger partial charge in [-0.2, -0.15) is 0 Å². The van der Waals surface area contributed by atoms with Crippen molar-refractivity contribution in [1.82, 2.24) is 15.0 Å². The van der Waals surface area contributed by atoms with E-state index in [9.17, 15) is 13.2 Å². The summed E-state index contributed by atoms with van der Waals surface area (Å²) >= 11 is 1.21. The zero-order chi connectivity index (χ0) is 17.9. The van der Waals surface area contributed by atoms with Crippen LogP contribution in [0, 0.1) is 0 Å². The standard InChI is InChI=1S/C16H14N4O3S2/c1-25(22,23)13-4-2-3-12(5-13)15(21)14-9-20-16(24-14)19-8-11-6-17-10-18-7-11/h2-7,9-10H,8H2,1H3,(H,19,20). The van der Waals surface area contributed by atoms with E-state index < -0.39 is 9.84 Å². The number of ketones is 1. The van der Waals surface area contributed by atoms with Gasteiger partial charge in [0, 0.05) is 36.3 Å². The molecule has 3 rings (SSSR count). The van der Waals surface area contributed by atoms with Crippen LogP contribution in [0.4, 0.5) is 5.13 Å². The van der Waals surface area contributed by atoms with E-state index in [1.54, 1.807) is 24.5 Å². The normalized spacial score (nSPS) is 11.2. The van der Waals surface area contributed by atoms with Crippen LogP contribution in [0.3, 0.4) is 0 Å². The lowest BCUT2D eigenvalue weighted by atomic mass is 10.1. The van der Waals surface area contributed by atoms with Crippen molar-refractivity contribution in [1.29, 1.82) is 0 Å². The predicted molar refractivity (Wildman–Crippen MR) is 94.5 cm³/mol. The Hall–Kier alpha value is -2.65. The van der Waals surface area contributed by atoms with Crippen LogP contribution in [0.1, 0.15) is 20.8 Å². The van der Waals surface area contributed by atoms with Crippen LogP contribution in [-0.4, -0.2) is 35.4 Å². The first kappa shape index (κ1) is 17.2. The van der Waals surface area contributed by atoms with Gasteiger partial charge < -0.3 is 5.32 Å². The Labute approximate surface area is 148 Å². The second-order valence-electron chi connectivity index (χ2n) is 5.26. The van der Waals surface area contributed by atoms with Crippen LogP contribution in [0.25, 0.3) is 0 Å². The van der Waals surface area contributed by atoms with Crippen molar-refractivity contribution < 1.29 is 13.2 Å². The van der Waals surface area contributed by atoms with Crippen molar-refractivity contribution in [2.24, 2.45) is 0 Å². The monoisotopic (exact) mass is 374 g/mol. The topological polar surface area (TPSA) is 102 Å². The molecule has 0 bridgehead atoms. The van der Waals surface area contributed by atoms with Gasteiger partial charge in [0.1, 0.15) is 6.33 Å². The summed E-state index contributed by atoms with van der Waals surface area (Å²) in [6.45, 7) is 0.492. The quantitative estimate of drug-likeness (QED) is 0.660. The molecule has 0 atom stereocenters. The van der Waals surface area contributed by atoms with E-state index in [-0.39, 0.29) is 10.7 Å². The molecule has 0 saturated heterocycles. The zero-order valence-corrected chi connectivity index (χ0v) is 14.8. The average Bonchev–Trinajstić information content (AvgIpc) is 3.08. The summed E-state index contributed by atoms with van der Waals surface area (Å²) in [7, 11) is -3.36. The third-order valence-corrected chi connectivity index (χ3v) is 5.38. The third-order valence-electron chi connectivity index (χ3n) is 3.31. The van der Waals surface area contributed by atoms with Crippen LogP contribution >= 0.6 is 11.3 Å². The highest BCUT2D eigenvalue weighted by Crippen LogP contribution is 2.23. The highest BCUT2D eigenvalue weighted by Gasteiger charge is 2.16. The molecule has 0 radical (unpaired) electrons. The Bertz CT molecular complexity index is 1000. The Morgan fingerprint density at radius 2 is 1.96 bits per heavy atom. The summed E-state index contributed by atoms with van der Waals surface area (Å²) in [5.41, 5.74) is 1.21. The first-order chi connectivity index (χ1) is 11.9. The predicted octanol–water partition coefficient (Wildman–Crippen LogP) is 2.18. The molecule has 3 aromatic rings. The van der Waals surface area contributed by atoms with E-state index in [1.165, 1.54) is 36.0 Å². The van der Waals surface area contributed by atoms with E-state index in [1.807, 2.05) is 0 Å². The lowest BCUT2D eigenvalue weighted by molar-refractivity contribution is 0.104. The lowest BCUT2D eigenvalue weighted by Gasteiger charge is -2.02. The number of benzene rings is 1. The molecule has 0 saturated carbocycles. The molecule has 9 heteroatoms. The SMILES string of the molecule is CS(=O)(=O)c1cccc(C(=O)c2cnc(NCc3cncnc3)s2)c1. The van der Waals surface area contributed by atoms with Gasteiger partial charge >= 0.3 is 0 Å². The van der Waals surface area contributed by atoms with E-state index in [2.05, 4.69) is 20.3 Å².